The molecule has 3 fully saturated rings. The number of imide groups is 1. The number of fused-ring (bicyclic) bond motifs is 3. The van der Waals surface area contributed by atoms with Crippen molar-refractivity contribution in [2.45, 2.75) is 83.2 Å². The van der Waals surface area contributed by atoms with Gasteiger partial charge in [-0.2, -0.15) is 0 Å². The van der Waals surface area contributed by atoms with Crippen molar-refractivity contribution in [2.75, 3.05) is 0 Å². The normalized spacial score (nSPS) is 27.0. The van der Waals surface area contributed by atoms with E-state index in [0.717, 1.165) is 55.2 Å². The van der Waals surface area contributed by atoms with E-state index in [9.17, 15) is 24.1 Å². The minimum Gasteiger partial charge on any atom is -0.505 e. The molecule has 4 aliphatic rings. The Bertz CT molecular complexity index is 1400. The SMILES string of the molecule is CCC1=C2[C@@H](CC/C(=C/c3ccc(O)c(F)c3)c3ccccc3)OB(O)C[C@@H]2[C@@H]2C(=O)N(C3CCCCC3)C(=O)[C@@H]2C1. The summed E-state index contributed by atoms with van der Waals surface area (Å²) >= 11 is 0. The third-order valence-electron chi connectivity index (χ3n) is 9.84. The summed E-state index contributed by atoms with van der Waals surface area (Å²) in [6, 6.07) is 14.2. The first-order valence-corrected chi connectivity index (χ1v) is 15.5. The highest BCUT2D eigenvalue weighted by Crippen LogP contribution is 2.52. The minimum atomic E-state index is -1.01. The number of halogens is 1. The summed E-state index contributed by atoms with van der Waals surface area (Å²) in [5, 5.41) is 20.6. The molecule has 0 bridgehead atoms. The average Bonchev–Trinajstić information content (AvgIpc) is 3.26. The molecule has 2 N–H and O–H groups in total. The zero-order valence-electron chi connectivity index (χ0n) is 24.2. The first kappa shape index (κ1) is 28.9. The Morgan fingerprint density at radius 1 is 1.07 bits per heavy atom. The molecule has 1 saturated carbocycles. The molecule has 220 valence electrons. The van der Waals surface area contributed by atoms with E-state index in [0.29, 0.717) is 31.1 Å². The van der Waals surface area contributed by atoms with Crippen LogP contribution in [0.4, 0.5) is 4.39 Å². The second-order valence-electron chi connectivity index (χ2n) is 12.3. The van der Waals surface area contributed by atoms with Crippen LogP contribution >= 0.6 is 0 Å². The van der Waals surface area contributed by atoms with E-state index in [2.05, 4.69) is 6.92 Å². The van der Waals surface area contributed by atoms with Gasteiger partial charge >= 0.3 is 7.12 Å². The number of hydrogen-bond donors (Lipinski definition) is 2. The van der Waals surface area contributed by atoms with Gasteiger partial charge in [0.05, 0.1) is 17.9 Å². The number of aromatic hydroxyl groups is 1. The Hall–Kier alpha value is -3.23. The van der Waals surface area contributed by atoms with Crippen molar-refractivity contribution in [1.82, 2.24) is 4.90 Å². The van der Waals surface area contributed by atoms with Gasteiger partial charge in [0, 0.05) is 6.04 Å². The maximum absolute atomic E-state index is 14.1. The van der Waals surface area contributed by atoms with E-state index < -0.39 is 18.9 Å². The van der Waals surface area contributed by atoms with Crippen LogP contribution in [-0.2, 0) is 14.2 Å². The Morgan fingerprint density at radius 2 is 1.83 bits per heavy atom. The van der Waals surface area contributed by atoms with Crippen molar-refractivity contribution in [2.24, 2.45) is 17.8 Å². The molecule has 0 aromatic heterocycles. The lowest BCUT2D eigenvalue weighted by Crippen LogP contribution is -2.46. The van der Waals surface area contributed by atoms with Gasteiger partial charge in [-0.05, 0) is 85.2 Å². The van der Waals surface area contributed by atoms with E-state index in [-0.39, 0.29) is 41.5 Å². The lowest BCUT2D eigenvalue weighted by atomic mass is 9.58. The molecule has 6 rings (SSSR count). The van der Waals surface area contributed by atoms with Crippen molar-refractivity contribution >= 4 is 30.6 Å². The molecule has 0 spiro atoms. The van der Waals surface area contributed by atoms with E-state index in [1.54, 1.807) is 11.0 Å². The van der Waals surface area contributed by atoms with Gasteiger partial charge in [-0.25, -0.2) is 4.39 Å². The van der Waals surface area contributed by atoms with Crippen LogP contribution in [0, 0.1) is 23.6 Å². The molecule has 0 radical (unpaired) electrons. The maximum atomic E-state index is 14.1. The highest BCUT2D eigenvalue weighted by atomic mass is 19.1. The van der Waals surface area contributed by atoms with E-state index >= 15 is 0 Å². The van der Waals surface area contributed by atoms with Crippen LogP contribution in [0.15, 0.2) is 59.7 Å². The van der Waals surface area contributed by atoms with Crippen LogP contribution in [0.25, 0.3) is 11.6 Å². The van der Waals surface area contributed by atoms with Crippen LogP contribution in [0.5, 0.6) is 5.75 Å². The van der Waals surface area contributed by atoms with E-state index in [4.69, 9.17) is 4.65 Å². The minimum absolute atomic E-state index is 0.00161. The molecule has 42 heavy (non-hydrogen) atoms. The van der Waals surface area contributed by atoms with Gasteiger partial charge < -0.3 is 14.8 Å². The van der Waals surface area contributed by atoms with Crippen LogP contribution < -0.4 is 0 Å². The fraction of sp³-hybridized carbons (Fsp3) is 0.471. The molecule has 8 heteroatoms. The monoisotopic (exact) mass is 571 g/mol. The van der Waals surface area contributed by atoms with Crippen LogP contribution in [0.3, 0.4) is 0 Å². The maximum Gasteiger partial charge on any atom is 0.455 e. The molecule has 2 aliphatic heterocycles. The Balaban J connectivity index is 1.29. The quantitative estimate of drug-likeness (QED) is 0.174. The predicted octanol–water partition coefficient (Wildman–Crippen LogP) is 6.39. The number of phenols is 1. The van der Waals surface area contributed by atoms with Crippen LogP contribution in [-0.4, -0.2) is 46.1 Å². The lowest BCUT2D eigenvalue weighted by Gasteiger charge is -2.43. The Morgan fingerprint density at radius 3 is 2.55 bits per heavy atom. The van der Waals surface area contributed by atoms with Crippen molar-refractivity contribution in [3.63, 3.8) is 0 Å². The summed E-state index contributed by atoms with van der Waals surface area (Å²) < 4.78 is 20.3. The number of carbonyl (C=O) groups is 2. The van der Waals surface area contributed by atoms with Crippen LogP contribution in [0.1, 0.15) is 75.8 Å². The number of rotatable bonds is 7. The zero-order chi connectivity index (χ0) is 29.4. The van der Waals surface area contributed by atoms with Crippen molar-refractivity contribution in [3.05, 3.63) is 76.6 Å². The summed E-state index contributed by atoms with van der Waals surface area (Å²) in [4.78, 5) is 29.2. The molecule has 6 nitrogen and oxygen atoms in total. The fourth-order valence-corrected chi connectivity index (χ4v) is 7.88. The summed E-state index contributed by atoms with van der Waals surface area (Å²) in [6.07, 6.45) is 9.38. The molecule has 2 saturated heterocycles. The smallest absolute Gasteiger partial charge is 0.455 e. The fourth-order valence-electron chi connectivity index (χ4n) is 7.88. The molecule has 2 aliphatic carbocycles. The average molecular weight is 571 g/mol. The van der Waals surface area contributed by atoms with Gasteiger partial charge in [-0.3, -0.25) is 14.5 Å². The number of phenolic OH excluding ortho intramolecular Hbond substituents is 1. The third kappa shape index (κ3) is 5.47. The molecule has 0 unspecified atom stereocenters. The number of benzene rings is 2. The Labute approximate surface area is 247 Å². The number of likely N-dealkylation sites (tertiary alicyclic amines) is 1. The predicted molar refractivity (Wildman–Crippen MR) is 160 cm³/mol. The first-order chi connectivity index (χ1) is 20.4. The van der Waals surface area contributed by atoms with Gasteiger partial charge in [0.2, 0.25) is 11.8 Å². The lowest BCUT2D eigenvalue weighted by molar-refractivity contribution is -0.143. The molecule has 4 atom stereocenters. The second-order valence-corrected chi connectivity index (χ2v) is 12.3. The van der Waals surface area contributed by atoms with Gasteiger partial charge in [-0.15, -0.1) is 0 Å². The summed E-state index contributed by atoms with van der Waals surface area (Å²) in [5.41, 5.74) is 4.88. The number of allylic oxidation sites excluding steroid dienone is 2. The van der Waals surface area contributed by atoms with E-state index in [1.807, 2.05) is 36.4 Å². The number of carbonyl (C=O) groups excluding carboxylic acids is 2. The van der Waals surface area contributed by atoms with E-state index in [1.165, 1.54) is 17.7 Å². The molecule has 2 heterocycles. The summed E-state index contributed by atoms with van der Waals surface area (Å²) in [7, 11) is -1.01. The van der Waals surface area contributed by atoms with Crippen molar-refractivity contribution in [1.29, 1.82) is 0 Å². The highest BCUT2D eigenvalue weighted by molar-refractivity contribution is 6.43. The van der Waals surface area contributed by atoms with Gasteiger partial charge in [0.1, 0.15) is 0 Å². The zero-order valence-corrected chi connectivity index (χ0v) is 24.2. The number of hydrogen-bond acceptors (Lipinski definition) is 5. The van der Waals surface area contributed by atoms with Crippen LogP contribution in [0.2, 0.25) is 6.32 Å². The van der Waals surface area contributed by atoms with Gasteiger partial charge in [0.25, 0.3) is 0 Å². The molecule has 2 amide bonds. The van der Waals surface area contributed by atoms with Gasteiger partial charge in [0.15, 0.2) is 11.6 Å². The van der Waals surface area contributed by atoms with Crippen molar-refractivity contribution in [3.8, 4) is 5.75 Å². The molecule has 2 aromatic rings. The standard InChI is InChI=1S/C34H39BFNO5/c1-2-22-19-26-32(34(40)37(33(26)39)25-11-7-4-8-12-25)27-20-35(41)42-30(31(22)27)16-14-24(23-9-5-3-6-10-23)17-21-13-15-29(38)28(36)18-21/h3,5-6,9-10,13,15,17-18,25-27,30,32,38,41H,2,4,7-8,11-12,14,16,19-20H2,1H3/b24-17-/t26-,27+,30-,32-/m1/s1. The highest BCUT2D eigenvalue weighted by Gasteiger charge is 2.58. The molecular formula is C34H39BFNO5. The molecular weight excluding hydrogens is 532 g/mol. The Kier molecular flexibility index (Phi) is 8.37. The number of nitrogens with zero attached hydrogens (tertiary/aromatic N) is 1. The molecule has 2 aromatic carbocycles. The summed E-state index contributed by atoms with van der Waals surface area (Å²) in [5.74, 6) is -2.14. The largest absolute Gasteiger partial charge is 0.505 e. The summed E-state index contributed by atoms with van der Waals surface area (Å²) in [6.45, 7) is 2.09. The first-order valence-electron chi connectivity index (χ1n) is 15.5. The van der Waals surface area contributed by atoms with Crippen molar-refractivity contribution < 1.29 is 28.8 Å². The second kappa shape index (κ2) is 12.2. The third-order valence-corrected chi connectivity index (χ3v) is 9.84. The topological polar surface area (TPSA) is 87.1 Å². The number of amides is 2. The van der Waals surface area contributed by atoms with Gasteiger partial charge in [-0.1, -0.05) is 74.2 Å².